The zero-order chi connectivity index (χ0) is 13.5. The van der Waals surface area contributed by atoms with Crippen LogP contribution in [0.2, 0.25) is 0 Å². The highest BCUT2D eigenvalue weighted by Gasteiger charge is 2.24. The van der Waals surface area contributed by atoms with Crippen molar-refractivity contribution in [2.45, 2.75) is 33.3 Å². The van der Waals surface area contributed by atoms with E-state index < -0.39 is 5.97 Å². The minimum absolute atomic E-state index is 0.0664. The third-order valence-electron chi connectivity index (χ3n) is 2.32. The normalized spacial score (nSPS) is 12.9. The molecule has 0 aromatic carbocycles. The molecule has 6 heteroatoms. The summed E-state index contributed by atoms with van der Waals surface area (Å²) in [6, 6.07) is -0.377. The van der Waals surface area contributed by atoms with Crippen molar-refractivity contribution in [3.8, 4) is 0 Å². The Morgan fingerprint density at radius 1 is 1.29 bits per heavy atom. The molecular weight excluding hydrogens is 224 g/mol. The Labute approximate surface area is 102 Å². The fourth-order valence-corrected chi connectivity index (χ4v) is 1.27. The van der Waals surface area contributed by atoms with E-state index in [0.29, 0.717) is 6.54 Å². The molecule has 100 valence electrons. The van der Waals surface area contributed by atoms with Gasteiger partial charge in [0.25, 0.3) is 0 Å². The van der Waals surface area contributed by atoms with Crippen LogP contribution < -0.4 is 10.6 Å². The maximum Gasteiger partial charge on any atom is 0.314 e. The van der Waals surface area contributed by atoms with Crippen LogP contribution in [0, 0.1) is 5.41 Å². The lowest BCUT2D eigenvalue weighted by Crippen LogP contribution is -2.44. The Morgan fingerprint density at radius 2 is 1.88 bits per heavy atom. The van der Waals surface area contributed by atoms with Crippen LogP contribution in [0.15, 0.2) is 0 Å². The van der Waals surface area contributed by atoms with E-state index in [2.05, 4.69) is 10.6 Å². The van der Waals surface area contributed by atoms with Gasteiger partial charge in [0.15, 0.2) is 0 Å². The number of urea groups is 1. The molecule has 0 fully saturated rings. The van der Waals surface area contributed by atoms with Crippen LogP contribution in [0.1, 0.15) is 27.2 Å². The SMILES string of the molecule is COC(CNC(=O)NCCC(=O)O)C(C)(C)C. The van der Waals surface area contributed by atoms with Crippen molar-refractivity contribution in [2.24, 2.45) is 5.41 Å². The number of hydrogen-bond donors (Lipinski definition) is 3. The molecule has 0 aliphatic carbocycles. The molecule has 1 unspecified atom stereocenters. The van der Waals surface area contributed by atoms with Gasteiger partial charge in [-0.1, -0.05) is 20.8 Å². The summed E-state index contributed by atoms with van der Waals surface area (Å²) in [5.41, 5.74) is -0.0664. The molecule has 0 radical (unpaired) electrons. The monoisotopic (exact) mass is 246 g/mol. The Morgan fingerprint density at radius 3 is 2.29 bits per heavy atom. The molecular formula is C11H22N2O4. The molecule has 0 spiro atoms. The van der Waals surface area contributed by atoms with Gasteiger partial charge >= 0.3 is 12.0 Å². The predicted octanol–water partition coefficient (Wildman–Crippen LogP) is 0.821. The highest BCUT2D eigenvalue weighted by molar-refractivity contribution is 5.74. The van der Waals surface area contributed by atoms with Crippen LogP contribution in [0.25, 0.3) is 0 Å². The number of nitrogens with one attached hydrogen (secondary N) is 2. The zero-order valence-corrected chi connectivity index (χ0v) is 10.9. The van der Waals surface area contributed by atoms with Gasteiger partial charge < -0.3 is 20.5 Å². The predicted molar refractivity (Wildman–Crippen MR) is 63.9 cm³/mol. The average molecular weight is 246 g/mol. The van der Waals surface area contributed by atoms with Gasteiger partial charge in [0.2, 0.25) is 0 Å². The van der Waals surface area contributed by atoms with E-state index in [-0.39, 0.29) is 30.5 Å². The lowest BCUT2D eigenvalue weighted by Gasteiger charge is -2.29. The Balaban J connectivity index is 3.86. The molecule has 1 atom stereocenters. The van der Waals surface area contributed by atoms with E-state index in [1.54, 1.807) is 7.11 Å². The first-order chi connectivity index (χ1) is 7.77. The number of carboxylic acids is 1. The third kappa shape index (κ3) is 7.57. The van der Waals surface area contributed by atoms with Crippen molar-refractivity contribution in [1.29, 1.82) is 0 Å². The third-order valence-corrected chi connectivity index (χ3v) is 2.32. The molecule has 0 saturated carbocycles. The minimum Gasteiger partial charge on any atom is -0.481 e. The highest BCUT2D eigenvalue weighted by atomic mass is 16.5. The number of hydrogen-bond acceptors (Lipinski definition) is 3. The molecule has 0 aliphatic rings. The van der Waals surface area contributed by atoms with E-state index in [4.69, 9.17) is 9.84 Å². The van der Waals surface area contributed by atoms with Crippen molar-refractivity contribution in [3.63, 3.8) is 0 Å². The molecule has 0 aromatic rings. The molecule has 2 amide bonds. The number of amides is 2. The van der Waals surface area contributed by atoms with Gasteiger partial charge in [-0.2, -0.15) is 0 Å². The Kier molecular flexibility index (Phi) is 6.57. The molecule has 0 heterocycles. The number of carbonyl (C=O) groups excluding carboxylic acids is 1. The van der Waals surface area contributed by atoms with E-state index in [9.17, 15) is 9.59 Å². The van der Waals surface area contributed by atoms with Crippen LogP contribution in [0.3, 0.4) is 0 Å². The van der Waals surface area contributed by atoms with Gasteiger partial charge in [0.05, 0.1) is 12.5 Å². The summed E-state index contributed by atoms with van der Waals surface area (Å²) in [6.07, 6.45) is -0.173. The summed E-state index contributed by atoms with van der Waals surface area (Å²) in [5, 5.41) is 13.5. The quantitative estimate of drug-likeness (QED) is 0.647. The molecule has 0 aromatic heterocycles. The lowest BCUT2D eigenvalue weighted by molar-refractivity contribution is -0.136. The lowest BCUT2D eigenvalue weighted by atomic mass is 9.89. The standard InChI is InChI=1S/C11H22N2O4/c1-11(2,3)8(17-4)7-13-10(16)12-6-5-9(14)15/h8H,5-7H2,1-4H3,(H,14,15)(H2,12,13,16). The Hall–Kier alpha value is -1.30. The van der Waals surface area contributed by atoms with E-state index in [1.165, 1.54) is 0 Å². The first-order valence-corrected chi connectivity index (χ1v) is 5.53. The van der Waals surface area contributed by atoms with Crippen molar-refractivity contribution in [3.05, 3.63) is 0 Å². The summed E-state index contributed by atoms with van der Waals surface area (Å²) < 4.78 is 5.27. The topological polar surface area (TPSA) is 87.7 Å². The van der Waals surface area contributed by atoms with Crippen molar-refractivity contribution in [2.75, 3.05) is 20.2 Å². The van der Waals surface area contributed by atoms with Crippen molar-refractivity contribution < 1.29 is 19.4 Å². The van der Waals surface area contributed by atoms with Gasteiger partial charge in [-0.3, -0.25) is 4.79 Å². The second-order valence-electron chi connectivity index (χ2n) is 4.87. The molecule has 0 aliphatic heterocycles. The smallest absolute Gasteiger partial charge is 0.314 e. The van der Waals surface area contributed by atoms with Gasteiger partial charge in [0.1, 0.15) is 0 Å². The fraction of sp³-hybridized carbons (Fsp3) is 0.818. The van der Waals surface area contributed by atoms with Gasteiger partial charge in [-0.15, -0.1) is 0 Å². The maximum absolute atomic E-state index is 11.3. The van der Waals surface area contributed by atoms with Crippen molar-refractivity contribution in [1.82, 2.24) is 10.6 Å². The molecule has 17 heavy (non-hydrogen) atoms. The number of ether oxygens (including phenoxy) is 1. The first-order valence-electron chi connectivity index (χ1n) is 5.53. The molecule has 3 N–H and O–H groups in total. The van der Waals surface area contributed by atoms with Crippen LogP contribution in [-0.2, 0) is 9.53 Å². The second kappa shape index (κ2) is 7.11. The maximum atomic E-state index is 11.3. The molecule has 6 nitrogen and oxygen atoms in total. The molecule has 0 rings (SSSR count). The largest absolute Gasteiger partial charge is 0.481 e. The fourth-order valence-electron chi connectivity index (χ4n) is 1.27. The van der Waals surface area contributed by atoms with Crippen LogP contribution >= 0.6 is 0 Å². The van der Waals surface area contributed by atoms with E-state index >= 15 is 0 Å². The summed E-state index contributed by atoms with van der Waals surface area (Å²) in [6.45, 7) is 6.56. The number of carboxylic acid groups (broad SMARTS) is 1. The zero-order valence-electron chi connectivity index (χ0n) is 10.9. The van der Waals surface area contributed by atoms with Crippen LogP contribution in [0.4, 0.5) is 4.79 Å². The molecule has 0 bridgehead atoms. The molecule has 0 saturated heterocycles. The summed E-state index contributed by atoms with van der Waals surface area (Å²) in [5.74, 6) is -0.935. The first kappa shape index (κ1) is 15.7. The van der Waals surface area contributed by atoms with Gasteiger partial charge in [-0.05, 0) is 5.41 Å². The summed E-state index contributed by atoms with van der Waals surface area (Å²) in [4.78, 5) is 21.5. The van der Waals surface area contributed by atoms with Gasteiger partial charge in [0, 0.05) is 20.2 Å². The van der Waals surface area contributed by atoms with Crippen molar-refractivity contribution >= 4 is 12.0 Å². The number of rotatable bonds is 6. The van der Waals surface area contributed by atoms with Crippen LogP contribution in [0.5, 0.6) is 0 Å². The van der Waals surface area contributed by atoms with E-state index in [1.807, 2.05) is 20.8 Å². The Bertz CT molecular complexity index is 261. The number of aliphatic carboxylic acids is 1. The summed E-state index contributed by atoms with van der Waals surface area (Å²) in [7, 11) is 1.60. The number of carbonyl (C=O) groups is 2. The minimum atomic E-state index is -0.935. The summed E-state index contributed by atoms with van der Waals surface area (Å²) >= 11 is 0. The average Bonchev–Trinajstić information content (AvgIpc) is 2.15. The van der Waals surface area contributed by atoms with Gasteiger partial charge in [-0.25, -0.2) is 4.79 Å². The highest BCUT2D eigenvalue weighted by Crippen LogP contribution is 2.20. The number of methoxy groups -OCH3 is 1. The van der Waals surface area contributed by atoms with E-state index in [0.717, 1.165) is 0 Å². The van der Waals surface area contributed by atoms with Crippen LogP contribution in [-0.4, -0.2) is 43.4 Å². The second-order valence-corrected chi connectivity index (χ2v) is 4.87.